The van der Waals surface area contributed by atoms with Crippen molar-refractivity contribution < 1.29 is 4.39 Å². The lowest BCUT2D eigenvalue weighted by Crippen LogP contribution is -2.21. The molecule has 0 radical (unpaired) electrons. The van der Waals surface area contributed by atoms with Gasteiger partial charge in [0, 0.05) is 9.86 Å². The van der Waals surface area contributed by atoms with Gasteiger partial charge in [0.05, 0.1) is 17.8 Å². The molecule has 122 valence electrons. The van der Waals surface area contributed by atoms with Gasteiger partial charge in [0.15, 0.2) is 5.82 Å². The van der Waals surface area contributed by atoms with E-state index in [1.165, 1.54) is 16.8 Å². The van der Waals surface area contributed by atoms with Crippen LogP contribution in [0.4, 0.5) is 4.39 Å². The fourth-order valence-corrected chi connectivity index (χ4v) is 3.05. The molecule has 2 heterocycles. The van der Waals surface area contributed by atoms with Crippen LogP contribution in [0.5, 0.6) is 0 Å². The van der Waals surface area contributed by atoms with Gasteiger partial charge in [-0.2, -0.15) is 9.78 Å². The molecule has 0 N–H and O–H groups in total. The second-order valence-corrected chi connectivity index (χ2v) is 6.42. The Bertz CT molecular complexity index is 1140. The molecule has 0 aliphatic carbocycles. The lowest BCUT2D eigenvalue weighted by Gasteiger charge is -2.07. The number of hydrogen-bond acceptors (Lipinski definition) is 3. The molecule has 4 rings (SSSR count). The Morgan fingerprint density at radius 1 is 0.960 bits per heavy atom. The third-order valence-electron chi connectivity index (χ3n) is 3.87. The van der Waals surface area contributed by atoms with Gasteiger partial charge in [0.2, 0.25) is 0 Å². The predicted molar refractivity (Wildman–Crippen MR) is 98.2 cm³/mol. The normalized spacial score (nSPS) is 11.0. The van der Waals surface area contributed by atoms with E-state index in [1.54, 1.807) is 12.3 Å². The van der Waals surface area contributed by atoms with Crippen molar-refractivity contribution in [2.24, 2.45) is 0 Å². The molecule has 0 spiro atoms. The van der Waals surface area contributed by atoms with Gasteiger partial charge in [-0.3, -0.25) is 4.79 Å². The van der Waals surface area contributed by atoms with Crippen LogP contribution in [-0.4, -0.2) is 14.8 Å². The number of halogens is 2. The van der Waals surface area contributed by atoms with Crippen molar-refractivity contribution in [3.8, 4) is 16.9 Å². The fraction of sp³-hybridized carbons (Fsp3) is 0. The summed E-state index contributed by atoms with van der Waals surface area (Å²) in [5.74, 6) is -0.180. The summed E-state index contributed by atoms with van der Waals surface area (Å²) < 4.78 is 15.2. The summed E-state index contributed by atoms with van der Waals surface area (Å²) in [4.78, 5) is 16.6. The van der Waals surface area contributed by atoms with Gasteiger partial charge in [-0.1, -0.05) is 34.1 Å². The van der Waals surface area contributed by atoms with E-state index in [4.69, 9.17) is 0 Å². The Balaban J connectivity index is 1.85. The summed E-state index contributed by atoms with van der Waals surface area (Å²) >= 11 is 3.46. The maximum absolute atomic E-state index is 13.0. The molecule has 4 aromatic rings. The maximum atomic E-state index is 13.0. The molecule has 2 aromatic carbocycles. The lowest BCUT2D eigenvalue weighted by molar-refractivity contribution is 0.618. The molecule has 0 aliphatic rings. The van der Waals surface area contributed by atoms with Crippen molar-refractivity contribution in [1.29, 1.82) is 0 Å². The van der Waals surface area contributed by atoms with E-state index in [0.29, 0.717) is 5.39 Å². The first-order valence-electron chi connectivity index (χ1n) is 7.52. The van der Waals surface area contributed by atoms with Crippen molar-refractivity contribution >= 4 is 26.7 Å². The second kappa shape index (κ2) is 6.22. The minimum Gasteiger partial charge on any atom is -0.267 e. The molecule has 0 aliphatic heterocycles. The van der Waals surface area contributed by atoms with Crippen LogP contribution in [0.3, 0.4) is 0 Å². The van der Waals surface area contributed by atoms with Crippen LogP contribution in [0, 0.1) is 5.82 Å². The van der Waals surface area contributed by atoms with Gasteiger partial charge in [0.1, 0.15) is 5.82 Å². The molecule has 2 aromatic heterocycles. The first kappa shape index (κ1) is 15.7. The number of fused-ring (bicyclic) bond motifs is 1. The number of nitrogens with zero attached hydrogens (tertiary/aromatic N) is 3. The third kappa shape index (κ3) is 2.96. The molecule has 0 saturated carbocycles. The van der Waals surface area contributed by atoms with Gasteiger partial charge in [-0.05, 0) is 47.5 Å². The molecule has 0 amide bonds. The van der Waals surface area contributed by atoms with Crippen molar-refractivity contribution in [3.05, 3.63) is 87.6 Å². The van der Waals surface area contributed by atoms with Gasteiger partial charge in [0.25, 0.3) is 5.56 Å². The van der Waals surface area contributed by atoms with Crippen LogP contribution in [0.15, 0.2) is 76.3 Å². The Morgan fingerprint density at radius 2 is 1.80 bits per heavy atom. The lowest BCUT2D eigenvalue weighted by atomic mass is 10.0. The van der Waals surface area contributed by atoms with Crippen molar-refractivity contribution in [2.75, 3.05) is 0 Å². The highest BCUT2D eigenvalue weighted by molar-refractivity contribution is 9.10. The van der Waals surface area contributed by atoms with E-state index in [1.807, 2.05) is 36.4 Å². The average Bonchev–Trinajstić information content (AvgIpc) is 2.63. The van der Waals surface area contributed by atoms with Crippen molar-refractivity contribution in [3.63, 3.8) is 0 Å². The van der Waals surface area contributed by atoms with Crippen LogP contribution < -0.4 is 5.56 Å². The Kier molecular flexibility index (Phi) is 3.89. The third-order valence-corrected chi connectivity index (χ3v) is 4.37. The highest BCUT2D eigenvalue weighted by Gasteiger charge is 2.09. The molecule has 0 fully saturated rings. The zero-order chi connectivity index (χ0) is 17.4. The minimum absolute atomic E-state index is 0.282. The number of rotatable bonds is 2. The number of pyridine rings is 1. The summed E-state index contributed by atoms with van der Waals surface area (Å²) in [5.41, 5.74) is 1.74. The largest absolute Gasteiger partial charge is 0.280 e. The number of hydrogen-bond donors (Lipinski definition) is 0. The Labute approximate surface area is 150 Å². The molecule has 25 heavy (non-hydrogen) atoms. The molecular formula is C19H11BrFN3O. The minimum atomic E-state index is -0.462. The average molecular weight is 396 g/mol. The zero-order valence-corrected chi connectivity index (χ0v) is 14.4. The summed E-state index contributed by atoms with van der Waals surface area (Å²) in [7, 11) is 0. The van der Waals surface area contributed by atoms with E-state index in [9.17, 15) is 9.18 Å². The summed E-state index contributed by atoms with van der Waals surface area (Å²) in [5, 5.41) is 5.43. The molecular weight excluding hydrogens is 385 g/mol. The highest BCUT2D eigenvalue weighted by Crippen LogP contribution is 2.25. The van der Waals surface area contributed by atoms with Crippen LogP contribution in [0.1, 0.15) is 0 Å². The smallest absolute Gasteiger partial charge is 0.267 e. The monoisotopic (exact) mass is 395 g/mol. The van der Waals surface area contributed by atoms with E-state index in [-0.39, 0.29) is 11.4 Å². The van der Waals surface area contributed by atoms with Gasteiger partial charge in [-0.25, -0.2) is 9.37 Å². The fourth-order valence-electron chi connectivity index (χ4n) is 2.65. The molecule has 0 atom stereocenters. The summed E-state index contributed by atoms with van der Waals surface area (Å²) in [6, 6.07) is 16.2. The molecule has 0 bridgehead atoms. The van der Waals surface area contributed by atoms with Crippen molar-refractivity contribution in [1.82, 2.24) is 14.8 Å². The topological polar surface area (TPSA) is 47.8 Å². The molecule has 0 unspecified atom stereocenters. The zero-order valence-electron chi connectivity index (χ0n) is 12.9. The Hall–Kier alpha value is -2.86. The van der Waals surface area contributed by atoms with E-state index in [2.05, 4.69) is 26.0 Å². The van der Waals surface area contributed by atoms with Crippen molar-refractivity contribution in [2.45, 2.75) is 0 Å². The standard InChI is InChI=1S/C19H11BrFN3O/c20-15-3-1-2-12(9-15)13-4-6-17-14(8-13)10-23-24(19(17)25)18-7-5-16(21)11-22-18/h1-11H. The summed E-state index contributed by atoms with van der Waals surface area (Å²) in [6.07, 6.45) is 2.67. The van der Waals surface area contributed by atoms with Gasteiger partial charge < -0.3 is 0 Å². The van der Waals surface area contributed by atoms with E-state index >= 15 is 0 Å². The van der Waals surface area contributed by atoms with Crippen LogP contribution >= 0.6 is 15.9 Å². The van der Waals surface area contributed by atoms with Crippen LogP contribution in [0.2, 0.25) is 0 Å². The predicted octanol–water partition coefficient (Wildman–Crippen LogP) is 4.35. The van der Waals surface area contributed by atoms with E-state index in [0.717, 1.165) is 27.2 Å². The first-order valence-corrected chi connectivity index (χ1v) is 8.31. The van der Waals surface area contributed by atoms with Gasteiger partial charge in [-0.15, -0.1) is 0 Å². The first-order chi connectivity index (χ1) is 12.1. The SMILES string of the molecule is O=c1c2ccc(-c3cccc(Br)c3)cc2cnn1-c1ccc(F)cn1. The Morgan fingerprint density at radius 3 is 2.56 bits per heavy atom. The number of aromatic nitrogens is 3. The molecule has 4 nitrogen and oxygen atoms in total. The second-order valence-electron chi connectivity index (χ2n) is 5.51. The number of benzene rings is 2. The molecule has 0 saturated heterocycles. The van der Waals surface area contributed by atoms with Gasteiger partial charge >= 0.3 is 0 Å². The highest BCUT2D eigenvalue weighted by atomic mass is 79.9. The van der Waals surface area contributed by atoms with E-state index < -0.39 is 5.82 Å². The molecule has 6 heteroatoms. The van der Waals surface area contributed by atoms with Crippen LogP contribution in [-0.2, 0) is 0 Å². The van der Waals surface area contributed by atoms with Crippen LogP contribution in [0.25, 0.3) is 27.7 Å². The summed E-state index contributed by atoms with van der Waals surface area (Å²) in [6.45, 7) is 0. The quantitative estimate of drug-likeness (QED) is 0.506. The maximum Gasteiger partial charge on any atom is 0.280 e.